The van der Waals surface area contributed by atoms with Crippen molar-refractivity contribution >= 4 is 45.9 Å². The molecular weight excluding hydrogens is 494 g/mol. The summed E-state index contributed by atoms with van der Waals surface area (Å²) >= 11 is 12.5. The molecule has 1 N–H and O–H groups in total. The molecule has 4 rings (SSSR count). The molecule has 0 fully saturated rings. The van der Waals surface area contributed by atoms with Gasteiger partial charge in [0.2, 0.25) is 0 Å². The van der Waals surface area contributed by atoms with Gasteiger partial charge in [-0.05, 0) is 48.0 Å². The number of amides is 1. The van der Waals surface area contributed by atoms with Gasteiger partial charge in [0.15, 0.2) is 4.75 Å². The smallest absolute Gasteiger partial charge is 0.346 e. The number of carbonyl (C=O) groups is 1. The average molecular weight is 510 g/mol. The van der Waals surface area contributed by atoms with Gasteiger partial charge in [0.25, 0.3) is 5.91 Å². The maximum Gasteiger partial charge on any atom is 0.409 e. The van der Waals surface area contributed by atoms with Crippen LogP contribution >= 0.6 is 35.0 Å². The zero-order valence-corrected chi connectivity index (χ0v) is 19.2. The van der Waals surface area contributed by atoms with Gasteiger partial charge in [-0.25, -0.2) is 0 Å². The Morgan fingerprint density at radius 3 is 2.36 bits per heavy atom. The third-order valence-corrected chi connectivity index (χ3v) is 6.99. The summed E-state index contributed by atoms with van der Waals surface area (Å²) in [4.78, 5) is 20.7. The first-order valence-corrected chi connectivity index (χ1v) is 11.3. The Hall–Kier alpha value is -2.55. The van der Waals surface area contributed by atoms with Gasteiger partial charge < -0.3 is 5.32 Å². The number of hydrogen-bond acceptors (Lipinski definition) is 4. The molecule has 2 aromatic carbocycles. The van der Waals surface area contributed by atoms with Gasteiger partial charge >= 0.3 is 6.18 Å². The largest absolute Gasteiger partial charge is 0.409 e. The molecule has 1 aliphatic heterocycles. The highest BCUT2D eigenvalue weighted by molar-refractivity contribution is 8.15. The second-order valence-corrected chi connectivity index (χ2v) is 9.45. The van der Waals surface area contributed by atoms with E-state index in [4.69, 9.17) is 23.2 Å². The van der Waals surface area contributed by atoms with Crippen molar-refractivity contribution in [3.05, 3.63) is 99.3 Å². The van der Waals surface area contributed by atoms with Gasteiger partial charge in [-0.1, -0.05) is 53.2 Å². The number of aromatic nitrogens is 1. The lowest BCUT2D eigenvalue weighted by atomic mass is 9.97. The number of thioether (sulfide) groups is 1. The van der Waals surface area contributed by atoms with Gasteiger partial charge in [-0.2, -0.15) is 13.2 Å². The summed E-state index contributed by atoms with van der Waals surface area (Å²) in [5, 5.41) is 3.23. The summed E-state index contributed by atoms with van der Waals surface area (Å²) in [6, 6.07) is 15.6. The molecule has 1 atom stereocenters. The standard InChI is InChI=1S/C23H16Cl2F3N3OS/c24-17-9-16(10-18(25)11-17)22(23(26,27)28)13-31-21(33-22)15-6-4-14(5-7-15)20(32)30-12-19-3-1-2-8-29-19/h1-11H,12-13H2,(H,30,32). The zero-order chi connectivity index (χ0) is 23.6. The average Bonchev–Trinajstić information content (AvgIpc) is 3.25. The van der Waals surface area contributed by atoms with E-state index in [1.54, 1.807) is 42.6 Å². The predicted molar refractivity (Wildman–Crippen MR) is 125 cm³/mol. The lowest BCUT2D eigenvalue weighted by Gasteiger charge is -2.30. The van der Waals surface area contributed by atoms with E-state index in [2.05, 4.69) is 15.3 Å². The van der Waals surface area contributed by atoms with Gasteiger partial charge in [-0.3, -0.25) is 14.8 Å². The molecular formula is C23H16Cl2F3N3OS. The quantitative estimate of drug-likeness (QED) is 0.440. The number of halogens is 5. The van der Waals surface area contributed by atoms with Crippen molar-refractivity contribution in [3.8, 4) is 0 Å². The van der Waals surface area contributed by atoms with E-state index in [-0.39, 0.29) is 33.1 Å². The van der Waals surface area contributed by atoms with Gasteiger partial charge in [0.05, 0.1) is 23.8 Å². The van der Waals surface area contributed by atoms with Crippen LogP contribution in [0.2, 0.25) is 10.0 Å². The molecule has 2 heterocycles. The maximum atomic E-state index is 14.2. The van der Waals surface area contributed by atoms with Crippen LogP contribution in [-0.2, 0) is 11.3 Å². The predicted octanol–water partition coefficient (Wildman–Crippen LogP) is 6.27. The number of nitrogens with zero attached hydrogens (tertiary/aromatic N) is 2. The van der Waals surface area contributed by atoms with E-state index >= 15 is 0 Å². The molecule has 10 heteroatoms. The number of hydrogen-bond donors (Lipinski definition) is 1. The minimum Gasteiger partial charge on any atom is -0.346 e. The molecule has 1 amide bonds. The van der Waals surface area contributed by atoms with Crippen LogP contribution in [0.25, 0.3) is 0 Å². The summed E-state index contributed by atoms with van der Waals surface area (Å²) in [6.45, 7) is -0.236. The van der Waals surface area contributed by atoms with Crippen LogP contribution in [0, 0.1) is 0 Å². The van der Waals surface area contributed by atoms with Crippen LogP contribution < -0.4 is 5.32 Å². The van der Waals surface area contributed by atoms with Gasteiger partial charge in [0, 0.05) is 27.4 Å². The third kappa shape index (κ3) is 5.03. The fourth-order valence-electron chi connectivity index (χ4n) is 3.35. The van der Waals surface area contributed by atoms with Crippen molar-refractivity contribution in [1.82, 2.24) is 10.3 Å². The summed E-state index contributed by atoms with van der Waals surface area (Å²) in [5.41, 5.74) is 1.52. The molecule has 0 spiro atoms. The van der Waals surface area contributed by atoms with Gasteiger partial charge in [-0.15, -0.1) is 0 Å². The monoisotopic (exact) mass is 509 g/mol. The van der Waals surface area contributed by atoms with E-state index < -0.39 is 17.5 Å². The minimum absolute atomic E-state index is 0.0539. The molecule has 0 bridgehead atoms. The highest BCUT2D eigenvalue weighted by atomic mass is 35.5. The van der Waals surface area contributed by atoms with Crippen molar-refractivity contribution < 1.29 is 18.0 Å². The van der Waals surface area contributed by atoms with E-state index in [0.29, 0.717) is 28.6 Å². The minimum atomic E-state index is -4.60. The number of alkyl halides is 3. The molecule has 3 aromatic rings. The Bertz CT molecular complexity index is 1180. The first-order chi connectivity index (χ1) is 15.7. The second kappa shape index (κ2) is 9.37. The van der Waals surface area contributed by atoms with E-state index in [0.717, 1.165) is 0 Å². The molecule has 1 aromatic heterocycles. The van der Waals surface area contributed by atoms with Crippen LogP contribution in [0.3, 0.4) is 0 Å². The number of nitrogens with one attached hydrogen (secondary N) is 1. The van der Waals surface area contributed by atoms with Crippen molar-refractivity contribution in [2.75, 3.05) is 6.54 Å². The molecule has 0 saturated heterocycles. The Kier molecular flexibility index (Phi) is 6.70. The van der Waals surface area contributed by atoms with Crippen LogP contribution in [0.15, 0.2) is 71.9 Å². The van der Waals surface area contributed by atoms with Crippen LogP contribution in [0.4, 0.5) is 13.2 Å². The fraction of sp³-hybridized carbons (Fsp3) is 0.174. The Morgan fingerprint density at radius 2 is 1.76 bits per heavy atom. The summed E-state index contributed by atoms with van der Waals surface area (Å²) in [7, 11) is 0. The molecule has 33 heavy (non-hydrogen) atoms. The molecule has 0 aliphatic carbocycles. The molecule has 170 valence electrons. The summed E-state index contributed by atoms with van der Waals surface area (Å²) in [6.07, 6.45) is -2.96. The topological polar surface area (TPSA) is 54.4 Å². The van der Waals surface area contributed by atoms with Crippen molar-refractivity contribution in [1.29, 1.82) is 0 Å². The van der Waals surface area contributed by atoms with Crippen LogP contribution in [0.5, 0.6) is 0 Å². The number of carbonyl (C=O) groups excluding carboxylic acids is 1. The molecule has 1 unspecified atom stereocenters. The third-order valence-electron chi connectivity index (χ3n) is 5.05. The Labute approximate surface area is 202 Å². The molecule has 0 saturated carbocycles. The fourth-order valence-corrected chi connectivity index (χ4v) is 5.07. The Balaban J connectivity index is 1.51. The molecule has 1 aliphatic rings. The molecule has 4 nitrogen and oxygen atoms in total. The normalized spacial score (nSPS) is 18.2. The Morgan fingerprint density at radius 1 is 1.06 bits per heavy atom. The first kappa shape index (κ1) is 23.6. The SMILES string of the molecule is O=C(NCc1ccccn1)c1ccc(C2=NCC(c3cc(Cl)cc(Cl)c3)(C(F)(F)F)S2)cc1. The van der Waals surface area contributed by atoms with Gasteiger partial charge in [0.1, 0.15) is 0 Å². The van der Waals surface area contributed by atoms with Crippen molar-refractivity contribution in [2.45, 2.75) is 17.5 Å². The number of rotatable bonds is 5. The lowest BCUT2D eigenvalue weighted by molar-refractivity contribution is -0.158. The lowest BCUT2D eigenvalue weighted by Crippen LogP contribution is -2.40. The maximum absolute atomic E-state index is 14.2. The van der Waals surface area contributed by atoms with Crippen LogP contribution in [-0.4, -0.2) is 28.7 Å². The first-order valence-electron chi connectivity index (χ1n) is 9.73. The number of benzene rings is 2. The van der Waals surface area contributed by atoms with Crippen molar-refractivity contribution in [3.63, 3.8) is 0 Å². The second-order valence-electron chi connectivity index (χ2n) is 7.29. The highest BCUT2D eigenvalue weighted by Crippen LogP contribution is 2.54. The summed E-state index contributed by atoms with van der Waals surface area (Å²) in [5.74, 6) is -0.313. The van der Waals surface area contributed by atoms with Crippen molar-refractivity contribution in [2.24, 2.45) is 4.99 Å². The molecule has 0 radical (unpaired) electrons. The summed E-state index contributed by atoms with van der Waals surface area (Å²) < 4.78 is 40.3. The number of pyridine rings is 1. The van der Waals surface area contributed by atoms with E-state index in [9.17, 15) is 18.0 Å². The highest BCUT2D eigenvalue weighted by Gasteiger charge is 2.59. The number of aliphatic imine (C=N–C) groups is 1. The van der Waals surface area contributed by atoms with Crippen LogP contribution in [0.1, 0.15) is 27.2 Å². The van der Waals surface area contributed by atoms with E-state index in [1.165, 1.54) is 18.2 Å². The van der Waals surface area contributed by atoms with E-state index in [1.807, 2.05) is 6.07 Å². The zero-order valence-electron chi connectivity index (χ0n) is 16.9.